The van der Waals surface area contributed by atoms with Gasteiger partial charge >= 0.3 is 0 Å². The summed E-state index contributed by atoms with van der Waals surface area (Å²) in [6.45, 7) is 1.19. The molecule has 0 radical (unpaired) electrons. The zero-order valence-electron chi connectivity index (χ0n) is 14.2. The number of benzene rings is 2. The molecular formula is C19H15ClF2N2O3. The lowest BCUT2D eigenvalue weighted by Crippen LogP contribution is -2.22. The Labute approximate surface area is 158 Å². The molecule has 0 bridgehead atoms. The number of halogens is 3. The molecule has 0 saturated heterocycles. The van der Waals surface area contributed by atoms with Crippen LogP contribution in [0, 0.1) is 18.6 Å². The van der Waals surface area contributed by atoms with Gasteiger partial charge in [0.2, 0.25) is 5.88 Å². The molecule has 0 fully saturated rings. The fourth-order valence-corrected chi connectivity index (χ4v) is 2.76. The Morgan fingerprint density at radius 1 is 1.19 bits per heavy atom. The summed E-state index contributed by atoms with van der Waals surface area (Å²) < 4.78 is 33.3. The fraction of sp³-hybridized carbons (Fsp3) is 0.158. The van der Waals surface area contributed by atoms with Crippen LogP contribution >= 0.6 is 11.6 Å². The number of aliphatic hydroxyl groups excluding tert-OH is 1. The second-order valence-electron chi connectivity index (χ2n) is 5.78. The first-order valence-corrected chi connectivity index (χ1v) is 8.34. The summed E-state index contributed by atoms with van der Waals surface area (Å²) >= 11 is 6.17. The van der Waals surface area contributed by atoms with E-state index >= 15 is 0 Å². The van der Waals surface area contributed by atoms with E-state index in [9.17, 15) is 18.7 Å². The van der Waals surface area contributed by atoms with Crippen LogP contribution in [0.5, 0.6) is 5.88 Å². The van der Waals surface area contributed by atoms with Crippen LogP contribution in [0.4, 0.5) is 8.78 Å². The minimum atomic E-state index is -0.743. The molecule has 1 N–H and O–H groups in total. The Morgan fingerprint density at radius 2 is 1.96 bits per heavy atom. The first kappa shape index (κ1) is 19.0. The second kappa shape index (κ2) is 7.85. The van der Waals surface area contributed by atoms with Crippen molar-refractivity contribution in [2.75, 3.05) is 0 Å². The third-order valence-electron chi connectivity index (χ3n) is 3.89. The van der Waals surface area contributed by atoms with Crippen molar-refractivity contribution in [3.63, 3.8) is 0 Å². The van der Waals surface area contributed by atoms with E-state index in [0.29, 0.717) is 22.1 Å². The average Bonchev–Trinajstić information content (AvgIpc) is 2.62. The Morgan fingerprint density at radius 3 is 2.63 bits per heavy atom. The van der Waals surface area contributed by atoms with Crippen LogP contribution in [0.3, 0.4) is 0 Å². The van der Waals surface area contributed by atoms with Crippen LogP contribution in [0.2, 0.25) is 5.02 Å². The highest BCUT2D eigenvalue weighted by atomic mass is 35.5. The monoisotopic (exact) mass is 392 g/mol. The fourth-order valence-electron chi connectivity index (χ4n) is 2.56. The van der Waals surface area contributed by atoms with Gasteiger partial charge in [0.05, 0.1) is 23.4 Å². The molecule has 0 aliphatic heterocycles. The second-order valence-corrected chi connectivity index (χ2v) is 6.19. The van der Waals surface area contributed by atoms with Crippen molar-refractivity contribution in [2.45, 2.75) is 20.1 Å². The SMILES string of the molecule is Cc1nc(OCc2ccc(F)cc2F)cc(=O)n1-c1cc(CO)ccc1Cl. The van der Waals surface area contributed by atoms with Crippen molar-refractivity contribution in [1.82, 2.24) is 9.55 Å². The molecule has 1 aromatic heterocycles. The Kier molecular flexibility index (Phi) is 5.53. The number of rotatable bonds is 5. The van der Waals surface area contributed by atoms with Gasteiger partial charge < -0.3 is 9.84 Å². The van der Waals surface area contributed by atoms with E-state index in [-0.39, 0.29) is 24.7 Å². The van der Waals surface area contributed by atoms with Crippen LogP contribution in [0.1, 0.15) is 17.0 Å². The van der Waals surface area contributed by atoms with E-state index in [1.54, 1.807) is 25.1 Å². The van der Waals surface area contributed by atoms with Crippen molar-refractivity contribution in [2.24, 2.45) is 0 Å². The smallest absolute Gasteiger partial charge is 0.261 e. The zero-order valence-corrected chi connectivity index (χ0v) is 15.0. The third-order valence-corrected chi connectivity index (χ3v) is 4.21. The van der Waals surface area contributed by atoms with Gasteiger partial charge in [-0.1, -0.05) is 17.7 Å². The van der Waals surface area contributed by atoms with Gasteiger partial charge in [0, 0.05) is 11.6 Å². The molecule has 0 saturated carbocycles. The summed E-state index contributed by atoms with van der Waals surface area (Å²) in [5.74, 6) is -1.12. The van der Waals surface area contributed by atoms with E-state index in [2.05, 4.69) is 4.98 Å². The van der Waals surface area contributed by atoms with E-state index < -0.39 is 17.2 Å². The molecule has 0 aliphatic carbocycles. The topological polar surface area (TPSA) is 64.3 Å². The van der Waals surface area contributed by atoms with Gasteiger partial charge in [-0.15, -0.1) is 0 Å². The predicted octanol–water partition coefficient (Wildman–Crippen LogP) is 3.54. The van der Waals surface area contributed by atoms with Gasteiger partial charge in [-0.25, -0.2) is 8.78 Å². The van der Waals surface area contributed by atoms with Crippen molar-refractivity contribution in [1.29, 1.82) is 0 Å². The summed E-state index contributed by atoms with van der Waals surface area (Å²) in [6, 6.07) is 9.10. The Hall–Kier alpha value is -2.77. The van der Waals surface area contributed by atoms with Crippen molar-refractivity contribution in [3.8, 4) is 11.6 Å². The highest BCUT2D eigenvalue weighted by Gasteiger charge is 2.13. The normalized spacial score (nSPS) is 10.9. The highest BCUT2D eigenvalue weighted by molar-refractivity contribution is 6.32. The Balaban J connectivity index is 1.90. The van der Waals surface area contributed by atoms with Crippen LogP contribution in [0.25, 0.3) is 5.69 Å². The van der Waals surface area contributed by atoms with Gasteiger partial charge in [-0.3, -0.25) is 9.36 Å². The van der Waals surface area contributed by atoms with E-state index in [1.165, 1.54) is 10.6 Å². The molecule has 140 valence electrons. The predicted molar refractivity (Wildman–Crippen MR) is 96.2 cm³/mol. The number of hydrogen-bond acceptors (Lipinski definition) is 4. The lowest BCUT2D eigenvalue weighted by molar-refractivity contribution is 0.281. The summed E-state index contributed by atoms with van der Waals surface area (Å²) in [5.41, 5.74) is 0.662. The molecule has 5 nitrogen and oxygen atoms in total. The summed E-state index contributed by atoms with van der Waals surface area (Å²) in [5, 5.41) is 9.60. The zero-order chi connectivity index (χ0) is 19.6. The first-order chi connectivity index (χ1) is 12.9. The molecule has 2 aromatic carbocycles. The molecule has 1 heterocycles. The molecule has 0 amide bonds. The molecule has 0 unspecified atom stereocenters. The molecule has 0 atom stereocenters. The summed E-state index contributed by atoms with van der Waals surface area (Å²) in [4.78, 5) is 16.7. The number of aromatic nitrogens is 2. The lowest BCUT2D eigenvalue weighted by atomic mass is 10.2. The quantitative estimate of drug-likeness (QED) is 0.721. The molecule has 8 heteroatoms. The third kappa shape index (κ3) is 4.15. The van der Waals surface area contributed by atoms with Crippen molar-refractivity contribution < 1.29 is 18.6 Å². The largest absolute Gasteiger partial charge is 0.472 e. The van der Waals surface area contributed by atoms with Crippen molar-refractivity contribution >= 4 is 11.6 Å². The first-order valence-electron chi connectivity index (χ1n) is 7.96. The molecule has 0 spiro atoms. The van der Waals surface area contributed by atoms with Gasteiger partial charge in [0.15, 0.2) is 0 Å². The van der Waals surface area contributed by atoms with E-state index in [4.69, 9.17) is 16.3 Å². The summed E-state index contributed by atoms with van der Waals surface area (Å²) in [7, 11) is 0. The van der Waals surface area contributed by atoms with Crippen LogP contribution in [-0.4, -0.2) is 14.7 Å². The molecule has 3 rings (SSSR count). The maximum absolute atomic E-state index is 13.7. The average molecular weight is 393 g/mol. The van der Waals surface area contributed by atoms with Crippen LogP contribution in [-0.2, 0) is 13.2 Å². The van der Waals surface area contributed by atoms with Crippen LogP contribution in [0.15, 0.2) is 47.3 Å². The van der Waals surface area contributed by atoms with Crippen LogP contribution < -0.4 is 10.3 Å². The van der Waals surface area contributed by atoms with Gasteiger partial charge in [0.1, 0.15) is 24.1 Å². The summed E-state index contributed by atoms with van der Waals surface area (Å²) in [6.07, 6.45) is 0. The minimum absolute atomic E-state index is 0.00640. The standard InChI is InChI=1S/C19H15ClF2N2O3/c1-11-23-18(27-10-13-3-4-14(21)7-16(13)22)8-19(26)24(11)17-6-12(9-25)2-5-15(17)20/h2-8,25H,9-10H2,1H3. The highest BCUT2D eigenvalue weighted by Crippen LogP contribution is 2.22. The molecular weight excluding hydrogens is 378 g/mol. The molecule has 3 aromatic rings. The van der Waals surface area contributed by atoms with Gasteiger partial charge in [-0.2, -0.15) is 4.98 Å². The molecule has 0 aliphatic rings. The minimum Gasteiger partial charge on any atom is -0.472 e. The maximum atomic E-state index is 13.7. The molecule has 27 heavy (non-hydrogen) atoms. The van der Waals surface area contributed by atoms with E-state index in [1.807, 2.05) is 0 Å². The number of hydrogen-bond donors (Lipinski definition) is 1. The van der Waals surface area contributed by atoms with E-state index in [0.717, 1.165) is 18.2 Å². The van der Waals surface area contributed by atoms with Crippen molar-refractivity contribution in [3.05, 3.63) is 86.4 Å². The lowest BCUT2D eigenvalue weighted by Gasteiger charge is -2.14. The number of aliphatic hydroxyl groups is 1. The van der Waals surface area contributed by atoms with Gasteiger partial charge in [-0.05, 0) is 36.8 Å². The number of nitrogens with zero attached hydrogens (tertiary/aromatic N) is 2. The Bertz CT molecular complexity index is 1050. The van der Waals surface area contributed by atoms with Gasteiger partial charge in [0.25, 0.3) is 5.56 Å². The maximum Gasteiger partial charge on any atom is 0.261 e. The number of ether oxygens (including phenoxy) is 1. The number of aryl methyl sites for hydroxylation is 1.